The van der Waals surface area contributed by atoms with Gasteiger partial charge in [-0.05, 0) is 38.5 Å². The van der Waals surface area contributed by atoms with Crippen molar-refractivity contribution < 1.29 is 32.7 Å². The van der Waals surface area contributed by atoms with E-state index in [1.54, 1.807) is 0 Å². The highest BCUT2D eigenvalue weighted by molar-refractivity contribution is 7.40. The number of phosphoric acid groups is 1. The summed E-state index contributed by atoms with van der Waals surface area (Å²) in [5.74, 6) is 0. The van der Waals surface area contributed by atoms with Crippen molar-refractivity contribution in [3.05, 3.63) is 0 Å². The van der Waals surface area contributed by atoms with Crippen LogP contribution >= 0.6 is 7.82 Å². The van der Waals surface area contributed by atoms with Gasteiger partial charge in [-0.3, -0.25) is 0 Å². The highest BCUT2D eigenvalue weighted by atomic mass is 31.2. The van der Waals surface area contributed by atoms with E-state index in [0.717, 1.165) is 13.4 Å². The van der Waals surface area contributed by atoms with E-state index >= 15 is 0 Å². The van der Waals surface area contributed by atoms with E-state index in [0.29, 0.717) is 0 Å². The maximum atomic E-state index is 8.55. The van der Waals surface area contributed by atoms with Crippen molar-refractivity contribution in [2.24, 2.45) is 0 Å². The highest BCUT2D eigenvalue weighted by Gasteiger charge is 2.08. The Balaban J connectivity index is -0.000000540. The standard InChI is InChI=1S/3C25H54N.H3O4P/c3*1-5-6-7-8-9-10-11-12-13-14-15-16-17-18-19-20-21-22-23-24-25-26(2,3)4;1-5(2,3)4/h3*5-25H2,1-4H3;(H3,1,2,3,4)/q3*+1;/p-3. The van der Waals surface area contributed by atoms with Crippen molar-refractivity contribution in [2.45, 2.75) is 406 Å². The van der Waals surface area contributed by atoms with Crippen molar-refractivity contribution in [3.8, 4) is 0 Å². The first-order valence-electron chi connectivity index (χ1n) is 37.8. The molecule has 0 rings (SSSR count). The van der Waals surface area contributed by atoms with Gasteiger partial charge in [-0.1, -0.05) is 367 Å². The molecule has 0 heterocycles. The maximum Gasteiger partial charge on any atom is 0.0780 e. The Bertz CT molecular complexity index is 1060. The second-order valence-corrected chi connectivity index (χ2v) is 30.5. The highest BCUT2D eigenvalue weighted by Crippen LogP contribution is 2.19. The first-order valence-corrected chi connectivity index (χ1v) is 39.3. The third-order valence-corrected chi connectivity index (χ3v) is 17.0. The van der Waals surface area contributed by atoms with Gasteiger partial charge in [0.1, 0.15) is 0 Å². The van der Waals surface area contributed by atoms with E-state index in [2.05, 4.69) is 84.2 Å². The van der Waals surface area contributed by atoms with E-state index in [4.69, 9.17) is 19.2 Å². The molecule has 0 fully saturated rings. The van der Waals surface area contributed by atoms with Crippen LogP contribution in [-0.4, -0.2) is 96.5 Å². The summed E-state index contributed by atoms with van der Waals surface area (Å²) in [6, 6.07) is 0. The molecule has 506 valence electrons. The second kappa shape index (κ2) is 71.1. The van der Waals surface area contributed by atoms with Crippen LogP contribution in [0, 0.1) is 0 Å². The number of rotatable bonds is 63. The zero-order valence-corrected chi connectivity index (χ0v) is 60.9. The Kier molecular flexibility index (Phi) is 76.6. The predicted octanol–water partition coefficient (Wildman–Crippen LogP) is 22.7. The summed E-state index contributed by atoms with van der Waals surface area (Å²) in [6.45, 7) is 10.9. The monoisotopic (exact) mass is 1200 g/mol. The van der Waals surface area contributed by atoms with Crippen molar-refractivity contribution in [3.63, 3.8) is 0 Å². The predicted molar refractivity (Wildman–Crippen MR) is 370 cm³/mol. The van der Waals surface area contributed by atoms with E-state index in [1.807, 2.05) is 0 Å². The third-order valence-electron chi connectivity index (χ3n) is 17.0. The average Bonchev–Trinajstić information content (AvgIpc) is 3.40. The van der Waals surface area contributed by atoms with Gasteiger partial charge < -0.3 is 32.7 Å². The molecule has 0 radical (unpaired) electrons. The Morgan fingerprint density at radius 1 is 0.181 bits per heavy atom. The van der Waals surface area contributed by atoms with E-state index in [1.165, 1.54) is 405 Å². The van der Waals surface area contributed by atoms with Crippen LogP contribution in [0.15, 0.2) is 0 Å². The van der Waals surface area contributed by atoms with Crippen LogP contribution in [0.1, 0.15) is 406 Å². The fourth-order valence-corrected chi connectivity index (χ4v) is 11.5. The maximum absolute atomic E-state index is 8.55. The fourth-order valence-electron chi connectivity index (χ4n) is 11.5. The van der Waals surface area contributed by atoms with Gasteiger partial charge in [-0.2, -0.15) is 7.82 Å². The molecule has 83 heavy (non-hydrogen) atoms. The van der Waals surface area contributed by atoms with Gasteiger partial charge in [-0.25, -0.2) is 0 Å². The van der Waals surface area contributed by atoms with Crippen molar-refractivity contribution >= 4 is 7.82 Å². The van der Waals surface area contributed by atoms with Gasteiger partial charge in [0.05, 0.1) is 83.1 Å². The molecule has 0 aromatic heterocycles. The summed E-state index contributed by atoms with van der Waals surface area (Å²) in [5.41, 5.74) is 0. The van der Waals surface area contributed by atoms with E-state index in [9.17, 15) is 0 Å². The molecule has 0 spiro atoms. The normalized spacial score (nSPS) is 12.0. The molecule has 0 amide bonds. The van der Waals surface area contributed by atoms with Crippen LogP contribution in [0.4, 0.5) is 0 Å². The lowest BCUT2D eigenvalue weighted by Crippen LogP contribution is -2.35. The summed E-state index contributed by atoms with van der Waals surface area (Å²) in [6.07, 6.45) is 88.0. The summed E-state index contributed by atoms with van der Waals surface area (Å²) < 4.78 is 11.9. The third kappa shape index (κ3) is 110. The van der Waals surface area contributed by atoms with Crippen molar-refractivity contribution in [2.75, 3.05) is 83.1 Å². The zero-order valence-electron chi connectivity index (χ0n) is 60.0. The van der Waals surface area contributed by atoms with Crippen LogP contribution in [0.3, 0.4) is 0 Å². The molecule has 0 aliphatic rings. The second-order valence-electron chi connectivity index (χ2n) is 29.6. The van der Waals surface area contributed by atoms with Gasteiger partial charge in [-0.15, -0.1) is 0 Å². The molecule has 0 N–H and O–H groups in total. The number of unbranched alkanes of at least 4 members (excludes halogenated alkanes) is 57. The molecule has 0 saturated carbocycles. The van der Waals surface area contributed by atoms with Gasteiger partial charge in [0, 0.05) is 0 Å². The molecule has 8 heteroatoms. The number of hydrogen-bond acceptors (Lipinski definition) is 4. The van der Waals surface area contributed by atoms with Crippen LogP contribution in [0.25, 0.3) is 0 Å². The topological polar surface area (TPSA) is 86.2 Å². The van der Waals surface area contributed by atoms with Crippen molar-refractivity contribution in [1.82, 2.24) is 0 Å². The molecule has 0 aliphatic heterocycles. The average molecular weight is 1200 g/mol. The molecule has 0 atom stereocenters. The zero-order chi connectivity index (χ0) is 62.5. The smallest absolute Gasteiger partial charge is 0.0780 e. The fraction of sp³-hybridized carbons (Fsp3) is 1.00. The molecule has 0 aromatic rings. The van der Waals surface area contributed by atoms with Gasteiger partial charge >= 0.3 is 0 Å². The summed E-state index contributed by atoms with van der Waals surface area (Å²) in [7, 11) is 15.3. The lowest BCUT2D eigenvalue weighted by molar-refractivity contribution is -0.870. The molecule has 0 unspecified atom stereocenters. The molecular weight excluding hydrogens is 1040 g/mol. The van der Waals surface area contributed by atoms with Crippen LogP contribution in [-0.2, 0) is 4.57 Å². The van der Waals surface area contributed by atoms with E-state index < -0.39 is 7.82 Å². The Morgan fingerprint density at radius 3 is 0.325 bits per heavy atom. The SMILES string of the molecule is CCCCCCCCCCCCCCCCCCCCCC[N+](C)(C)C.CCCCCCCCCCCCCCCCCCCCCC[N+](C)(C)C.CCCCCCCCCCCCCCCCCCCCCC[N+](C)(C)C.O=P([O-])([O-])[O-]. The minimum absolute atomic E-state index is 1.12. The first-order chi connectivity index (χ1) is 39.7. The first kappa shape index (κ1) is 89.4. The molecule has 0 bridgehead atoms. The summed E-state index contributed by atoms with van der Waals surface area (Å²) in [4.78, 5) is 25.6. The van der Waals surface area contributed by atoms with Crippen molar-refractivity contribution in [1.29, 1.82) is 0 Å². The Morgan fingerprint density at radius 2 is 0.253 bits per heavy atom. The van der Waals surface area contributed by atoms with Gasteiger partial charge in [0.25, 0.3) is 0 Å². The molecule has 0 aromatic carbocycles. The molecule has 0 saturated heterocycles. The van der Waals surface area contributed by atoms with Gasteiger partial charge in [0.15, 0.2) is 0 Å². The Hall–Kier alpha value is -0.0100. The van der Waals surface area contributed by atoms with Crippen LogP contribution in [0.2, 0.25) is 0 Å². The molecule has 0 aliphatic carbocycles. The van der Waals surface area contributed by atoms with Crippen LogP contribution < -0.4 is 14.7 Å². The number of hydrogen-bond donors (Lipinski definition) is 0. The van der Waals surface area contributed by atoms with Crippen LogP contribution in [0.5, 0.6) is 0 Å². The minimum Gasteiger partial charge on any atom is -0.822 e. The van der Waals surface area contributed by atoms with Gasteiger partial charge in [0.2, 0.25) is 0 Å². The lowest BCUT2D eigenvalue weighted by Gasteiger charge is -2.36. The summed E-state index contributed by atoms with van der Waals surface area (Å²) in [5, 5.41) is 0. The largest absolute Gasteiger partial charge is 0.822 e. The van der Waals surface area contributed by atoms with E-state index in [-0.39, 0.29) is 0 Å². The summed E-state index contributed by atoms with van der Waals surface area (Å²) >= 11 is 0. The quantitative estimate of drug-likeness (QED) is 0.0345. The molecule has 7 nitrogen and oxygen atoms in total. The minimum atomic E-state index is -5.39. The Labute approximate surface area is 527 Å². The number of quaternary nitrogens is 3. The lowest BCUT2D eigenvalue weighted by atomic mass is 10.0. The molecular formula is C75H162N3O4P. The number of nitrogens with zero attached hydrogens (tertiary/aromatic N) is 3.